The zero-order chi connectivity index (χ0) is 15.5. The second-order valence-corrected chi connectivity index (χ2v) is 7.21. The maximum absolute atomic E-state index is 12.5. The molecule has 2 heterocycles. The molecule has 0 aromatic carbocycles. The number of rotatable bonds is 2. The smallest absolute Gasteiger partial charge is 0.244 e. The summed E-state index contributed by atoms with van der Waals surface area (Å²) in [4.78, 5) is 3.97. The van der Waals surface area contributed by atoms with Gasteiger partial charge in [0.05, 0.1) is 5.60 Å². The SMILES string of the molecule is CC1(O)CCN(S(=O)(=O)c2cncc(C#CCO)c2)CC1. The van der Waals surface area contributed by atoms with Crippen LogP contribution in [0.2, 0.25) is 0 Å². The van der Waals surface area contributed by atoms with Gasteiger partial charge in [-0.05, 0) is 25.8 Å². The van der Waals surface area contributed by atoms with Crippen molar-refractivity contribution in [1.82, 2.24) is 9.29 Å². The Morgan fingerprint density at radius 1 is 1.38 bits per heavy atom. The highest BCUT2D eigenvalue weighted by Crippen LogP contribution is 2.26. The molecule has 0 atom stereocenters. The van der Waals surface area contributed by atoms with Gasteiger partial charge in [0.2, 0.25) is 10.0 Å². The maximum atomic E-state index is 12.5. The zero-order valence-electron chi connectivity index (χ0n) is 11.8. The Bertz CT molecular complexity index is 664. The lowest BCUT2D eigenvalue weighted by Gasteiger charge is -2.34. The van der Waals surface area contributed by atoms with Gasteiger partial charge in [0, 0.05) is 31.0 Å². The summed E-state index contributed by atoms with van der Waals surface area (Å²) in [5.41, 5.74) is -0.368. The van der Waals surface area contributed by atoms with Crippen LogP contribution in [0.4, 0.5) is 0 Å². The molecule has 0 bridgehead atoms. The Balaban J connectivity index is 2.24. The van der Waals surface area contributed by atoms with E-state index in [4.69, 9.17) is 5.11 Å². The highest BCUT2D eigenvalue weighted by molar-refractivity contribution is 7.89. The number of aromatic nitrogens is 1. The fourth-order valence-corrected chi connectivity index (χ4v) is 3.56. The summed E-state index contributed by atoms with van der Waals surface area (Å²) in [6.07, 6.45) is 3.54. The summed E-state index contributed by atoms with van der Waals surface area (Å²) in [6, 6.07) is 1.44. The Morgan fingerprint density at radius 2 is 2.05 bits per heavy atom. The first kappa shape index (κ1) is 15.9. The molecule has 1 aliphatic heterocycles. The second kappa shape index (κ2) is 6.12. The van der Waals surface area contributed by atoms with Crippen LogP contribution in [0.3, 0.4) is 0 Å². The zero-order valence-corrected chi connectivity index (χ0v) is 12.6. The molecular formula is C14H18N2O4S. The molecule has 2 rings (SSSR count). The number of aliphatic hydroxyl groups is 2. The van der Waals surface area contributed by atoms with E-state index in [-0.39, 0.29) is 24.6 Å². The fraction of sp³-hybridized carbons (Fsp3) is 0.500. The average molecular weight is 310 g/mol. The topological polar surface area (TPSA) is 90.7 Å². The molecule has 1 aromatic heterocycles. The molecule has 0 unspecified atom stereocenters. The number of sulfonamides is 1. The van der Waals surface area contributed by atoms with Gasteiger partial charge in [-0.25, -0.2) is 8.42 Å². The Hall–Kier alpha value is -1.46. The van der Waals surface area contributed by atoms with Crippen molar-refractivity contribution in [3.05, 3.63) is 24.0 Å². The van der Waals surface area contributed by atoms with Crippen molar-refractivity contribution in [3.63, 3.8) is 0 Å². The van der Waals surface area contributed by atoms with Crippen molar-refractivity contribution in [2.45, 2.75) is 30.3 Å². The van der Waals surface area contributed by atoms with Crippen LogP contribution in [0.15, 0.2) is 23.4 Å². The van der Waals surface area contributed by atoms with Gasteiger partial charge in [0.1, 0.15) is 11.5 Å². The van der Waals surface area contributed by atoms with Crippen LogP contribution in [0, 0.1) is 11.8 Å². The first-order chi connectivity index (χ1) is 9.85. The molecular weight excluding hydrogens is 292 g/mol. The van der Waals surface area contributed by atoms with Crippen molar-refractivity contribution >= 4 is 10.0 Å². The average Bonchev–Trinajstić information content (AvgIpc) is 2.45. The number of aliphatic hydroxyl groups excluding tert-OH is 1. The summed E-state index contributed by atoms with van der Waals surface area (Å²) in [5, 5.41) is 18.6. The van der Waals surface area contributed by atoms with E-state index >= 15 is 0 Å². The maximum Gasteiger partial charge on any atom is 0.244 e. The van der Waals surface area contributed by atoms with Gasteiger partial charge in [0.25, 0.3) is 0 Å². The third kappa shape index (κ3) is 3.80. The van der Waals surface area contributed by atoms with E-state index in [1.807, 2.05) is 0 Å². The minimum atomic E-state index is -3.63. The fourth-order valence-electron chi connectivity index (χ4n) is 2.13. The normalized spacial score (nSPS) is 18.8. The highest BCUT2D eigenvalue weighted by Gasteiger charge is 2.34. The number of nitrogens with zero attached hydrogens (tertiary/aromatic N) is 2. The molecule has 6 nitrogen and oxygen atoms in total. The first-order valence-electron chi connectivity index (χ1n) is 6.62. The minimum absolute atomic E-state index is 0.0776. The minimum Gasteiger partial charge on any atom is -0.390 e. The van der Waals surface area contributed by atoms with Crippen LogP contribution in [0.25, 0.3) is 0 Å². The Kier molecular flexibility index (Phi) is 4.64. The van der Waals surface area contributed by atoms with Crippen LogP contribution in [-0.2, 0) is 10.0 Å². The van der Waals surface area contributed by atoms with E-state index in [2.05, 4.69) is 16.8 Å². The molecule has 7 heteroatoms. The highest BCUT2D eigenvalue weighted by atomic mass is 32.2. The second-order valence-electron chi connectivity index (χ2n) is 5.27. The molecule has 1 fully saturated rings. The lowest BCUT2D eigenvalue weighted by atomic mass is 9.95. The summed E-state index contributed by atoms with van der Waals surface area (Å²) >= 11 is 0. The van der Waals surface area contributed by atoms with Crippen LogP contribution < -0.4 is 0 Å². The largest absolute Gasteiger partial charge is 0.390 e. The first-order valence-corrected chi connectivity index (χ1v) is 8.06. The van der Waals surface area contributed by atoms with Crippen LogP contribution in [0.5, 0.6) is 0 Å². The molecule has 2 N–H and O–H groups in total. The van der Waals surface area contributed by atoms with E-state index in [1.165, 1.54) is 22.8 Å². The van der Waals surface area contributed by atoms with Crippen molar-refractivity contribution in [2.75, 3.05) is 19.7 Å². The van der Waals surface area contributed by atoms with Crippen LogP contribution in [0.1, 0.15) is 25.3 Å². The number of piperidine rings is 1. The van der Waals surface area contributed by atoms with Crippen molar-refractivity contribution in [1.29, 1.82) is 0 Å². The van der Waals surface area contributed by atoms with Gasteiger partial charge in [-0.15, -0.1) is 0 Å². The van der Waals surface area contributed by atoms with E-state index in [0.29, 0.717) is 18.4 Å². The van der Waals surface area contributed by atoms with Crippen LogP contribution in [-0.4, -0.2) is 53.2 Å². The van der Waals surface area contributed by atoms with Gasteiger partial charge in [-0.2, -0.15) is 4.31 Å². The molecule has 0 spiro atoms. The van der Waals surface area contributed by atoms with Gasteiger partial charge >= 0.3 is 0 Å². The molecule has 0 saturated carbocycles. The summed E-state index contributed by atoms with van der Waals surface area (Å²) in [5.74, 6) is 5.09. The lowest BCUT2D eigenvalue weighted by molar-refractivity contribution is 0.0126. The van der Waals surface area contributed by atoms with Crippen LogP contribution >= 0.6 is 0 Å². The van der Waals surface area contributed by atoms with Gasteiger partial charge < -0.3 is 10.2 Å². The summed E-state index contributed by atoms with van der Waals surface area (Å²) < 4.78 is 26.4. The Morgan fingerprint density at radius 3 is 2.67 bits per heavy atom. The lowest BCUT2D eigenvalue weighted by Crippen LogP contribution is -2.45. The molecule has 0 amide bonds. The number of hydrogen-bond donors (Lipinski definition) is 2. The molecule has 21 heavy (non-hydrogen) atoms. The van der Waals surface area contributed by atoms with Gasteiger partial charge in [0.15, 0.2) is 0 Å². The predicted octanol–water partition coefficient (Wildman–Crippen LogP) is -0.0391. The molecule has 0 aliphatic carbocycles. The Labute approximate surface area is 124 Å². The molecule has 1 saturated heterocycles. The number of pyridine rings is 1. The number of hydrogen-bond acceptors (Lipinski definition) is 5. The molecule has 1 aliphatic rings. The van der Waals surface area contributed by atoms with Crippen molar-refractivity contribution < 1.29 is 18.6 Å². The van der Waals surface area contributed by atoms with Crippen molar-refractivity contribution in [3.8, 4) is 11.8 Å². The van der Waals surface area contributed by atoms with E-state index in [1.54, 1.807) is 6.92 Å². The van der Waals surface area contributed by atoms with Gasteiger partial charge in [-0.1, -0.05) is 11.8 Å². The van der Waals surface area contributed by atoms with E-state index in [9.17, 15) is 13.5 Å². The quantitative estimate of drug-likeness (QED) is 0.748. The third-order valence-corrected chi connectivity index (χ3v) is 5.33. The molecule has 1 aromatic rings. The standard InChI is InChI=1S/C14H18N2O4S/c1-14(18)4-6-16(7-5-14)21(19,20)13-9-12(3-2-8-17)10-15-11-13/h9-11,17-18H,4-8H2,1H3. The summed E-state index contributed by atoms with van der Waals surface area (Å²) in [6.45, 7) is 1.98. The predicted molar refractivity (Wildman–Crippen MR) is 76.8 cm³/mol. The van der Waals surface area contributed by atoms with Gasteiger partial charge in [-0.3, -0.25) is 4.98 Å². The van der Waals surface area contributed by atoms with Crippen molar-refractivity contribution in [2.24, 2.45) is 0 Å². The molecule has 114 valence electrons. The third-order valence-electron chi connectivity index (χ3n) is 3.46. The monoisotopic (exact) mass is 310 g/mol. The van der Waals surface area contributed by atoms with E-state index in [0.717, 1.165) is 0 Å². The molecule has 0 radical (unpaired) electrons. The van der Waals surface area contributed by atoms with E-state index < -0.39 is 15.6 Å². The summed E-state index contributed by atoms with van der Waals surface area (Å²) in [7, 11) is -3.63.